The SMILES string of the molecule is COc1ccc(-c2nc3c(C)cc(C)cc3c(C(=O)Nc3ccc(OC)cc3OC)c2C)cc1. The number of hydrogen-bond acceptors (Lipinski definition) is 5. The van der Waals surface area contributed by atoms with Gasteiger partial charge in [0.05, 0.1) is 43.8 Å². The van der Waals surface area contributed by atoms with Crippen molar-refractivity contribution in [1.29, 1.82) is 0 Å². The molecule has 0 radical (unpaired) electrons. The number of aryl methyl sites for hydroxylation is 2. The minimum absolute atomic E-state index is 0.229. The number of aromatic nitrogens is 1. The molecule has 0 atom stereocenters. The zero-order chi connectivity index (χ0) is 24.4. The molecule has 4 aromatic rings. The molecule has 1 heterocycles. The highest BCUT2D eigenvalue weighted by atomic mass is 16.5. The lowest BCUT2D eigenvalue weighted by atomic mass is 9.94. The summed E-state index contributed by atoms with van der Waals surface area (Å²) >= 11 is 0. The van der Waals surface area contributed by atoms with Crippen LogP contribution in [0.2, 0.25) is 0 Å². The summed E-state index contributed by atoms with van der Waals surface area (Å²) in [5, 5.41) is 3.85. The second-order valence-electron chi connectivity index (χ2n) is 8.19. The molecule has 34 heavy (non-hydrogen) atoms. The molecule has 4 rings (SSSR count). The van der Waals surface area contributed by atoms with Crippen LogP contribution in [-0.4, -0.2) is 32.2 Å². The van der Waals surface area contributed by atoms with E-state index in [1.54, 1.807) is 39.5 Å². The van der Waals surface area contributed by atoms with Crippen LogP contribution < -0.4 is 19.5 Å². The number of ether oxygens (including phenoxy) is 3. The molecule has 1 N–H and O–H groups in total. The van der Waals surface area contributed by atoms with Crippen molar-refractivity contribution in [2.45, 2.75) is 20.8 Å². The monoisotopic (exact) mass is 456 g/mol. The van der Waals surface area contributed by atoms with E-state index in [1.807, 2.05) is 51.1 Å². The zero-order valence-electron chi connectivity index (χ0n) is 20.3. The molecule has 0 spiro atoms. The van der Waals surface area contributed by atoms with Crippen molar-refractivity contribution in [1.82, 2.24) is 4.98 Å². The van der Waals surface area contributed by atoms with Crippen molar-refractivity contribution >= 4 is 22.5 Å². The Balaban J connectivity index is 1.90. The molecule has 0 aliphatic rings. The third kappa shape index (κ3) is 4.27. The summed E-state index contributed by atoms with van der Waals surface area (Å²) in [5.74, 6) is 1.70. The number of carbonyl (C=O) groups excluding carboxylic acids is 1. The Morgan fingerprint density at radius 1 is 0.824 bits per heavy atom. The number of amides is 1. The summed E-state index contributed by atoms with van der Waals surface area (Å²) in [6.07, 6.45) is 0. The highest BCUT2D eigenvalue weighted by molar-refractivity contribution is 6.15. The van der Waals surface area contributed by atoms with E-state index in [9.17, 15) is 4.79 Å². The molecular formula is C28H28N2O4. The first-order valence-electron chi connectivity index (χ1n) is 11.0. The van der Waals surface area contributed by atoms with Crippen molar-refractivity contribution in [3.63, 3.8) is 0 Å². The van der Waals surface area contributed by atoms with Crippen LogP contribution in [-0.2, 0) is 0 Å². The first-order valence-corrected chi connectivity index (χ1v) is 11.0. The lowest BCUT2D eigenvalue weighted by molar-refractivity contribution is 0.102. The maximum atomic E-state index is 13.7. The summed E-state index contributed by atoms with van der Waals surface area (Å²) in [5.41, 5.74) is 6.50. The van der Waals surface area contributed by atoms with E-state index < -0.39 is 0 Å². The van der Waals surface area contributed by atoms with Gasteiger partial charge < -0.3 is 19.5 Å². The molecule has 0 unspecified atom stereocenters. The fourth-order valence-electron chi connectivity index (χ4n) is 4.22. The Morgan fingerprint density at radius 3 is 2.15 bits per heavy atom. The molecule has 0 bridgehead atoms. The fourth-order valence-corrected chi connectivity index (χ4v) is 4.22. The molecular weight excluding hydrogens is 428 g/mol. The van der Waals surface area contributed by atoms with Crippen molar-refractivity contribution in [3.05, 3.63) is 76.9 Å². The normalized spacial score (nSPS) is 10.8. The summed E-state index contributed by atoms with van der Waals surface area (Å²) in [6.45, 7) is 5.97. The van der Waals surface area contributed by atoms with Gasteiger partial charge in [-0.05, 0) is 74.4 Å². The van der Waals surface area contributed by atoms with Gasteiger partial charge in [0.2, 0.25) is 0 Å². The number of nitrogens with zero attached hydrogens (tertiary/aromatic N) is 1. The van der Waals surface area contributed by atoms with Crippen molar-refractivity contribution in [3.8, 4) is 28.5 Å². The Labute approximate surface area is 199 Å². The van der Waals surface area contributed by atoms with Gasteiger partial charge in [-0.2, -0.15) is 0 Å². The number of methoxy groups -OCH3 is 3. The lowest BCUT2D eigenvalue weighted by Crippen LogP contribution is -2.16. The molecule has 1 amide bonds. The van der Waals surface area contributed by atoms with Crippen LogP contribution in [0.15, 0.2) is 54.6 Å². The number of rotatable bonds is 6. The van der Waals surface area contributed by atoms with Crippen LogP contribution in [0.25, 0.3) is 22.2 Å². The average Bonchev–Trinajstić information content (AvgIpc) is 2.84. The second kappa shape index (κ2) is 9.43. The van der Waals surface area contributed by atoms with Gasteiger partial charge in [-0.1, -0.05) is 11.6 Å². The average molecular weight is 457 g/mol. The Kier molecular flexibility index (Phi) is 6.41. The van der Waals surface area contributed by atoms with Crippen LogP contribution >= 0.6 is 0 Å². The lowest BCUT2D eigenvalue weighted by Gasteiger charge is -2.18. The van der Waals surface area contributed by atoms with Crippen molar-refractivity contribution < 1.29 is 19.0 Å². The van der Waals surface area contributed by atoms with Crippen LogP contribution in [0.1, 0.15) is 27.0 Å². The van der Waals surface area contributed by atoms with Crippen LogP contribution in [0.4, 0.5) is 5.69 Å². The van der Waals surface area contributed by atoms with Gasteiger partial charge in [0, 0.05) is 17.0 Å². The highest BCUT2D eigenvalue weighted by Crippen LogP contribution is 2.34. The zero-order valence-corrected chi connectivity index (χ0v) is 20.3. The Hall–Kier alpha value is -4.06. The molecule has 3 aromatic carbocycles. The van der Waals surface area contributed by atoms with E-state index in [2.05, 4.69) is 11.4 Å². The van der Waals surface area contributed by atoms with Gasteiger partial charge in [-0.25, -0.2) is 4.98 Å². The molecule has 6 heteroatoms. The topological polar surface area (TPSA) is 69.7 Å². The quantitative estimate of drug-likeness (QED) is 0.379. The highest BCUT2D eigenvalue weighted by Gasteiger charge is 2.21. The van der Waals surface area contributed by atoms with Gasteiger partial charge in [-0.3, -0.25) is 4.79 Å². The molecule has 0 aliphatic carbocycles. The number of carbonyl (C=O) groups is 1. The molecule has 0 saturated carbocycles. The minimum Gasteiger partial charge on any atom is -0.497 e. The number of fused-ring (bicyclic) bond motifs is 1. The molecule has 0 fully saturated rings. The number of benzene rings is 3. The molecule has 0 saturated heterocycles. The largest absolute Gasteiger partial charge is 0.497 e. The summed E-state index contributed by atoms with van der Waals surface area (Å²) < 4.78 is 16.1. The van der Waals surface area contributed by atoms with E-state index in [0.717, 1.165) is 44.6 Å². The van der Waals surface area contributed by atoms with Gasteiger partial charge in [0.25, 0.3) is 5.91 Å². The van der Waals surface area contributed by atoms with Crippen LogP contribution in [0, 0.1) is 20.8 Å². The van der Waals surface area contributed by atoms with Gasteiger partial charge in [0.1, 0.15) is 17.2 Å². The van der Waals surface area contributed by atoms with E-state index in [0.29, 0.717) is 22.7 Å². The van der Waals surface area contributed by atoms with Crippen LogP contribution in [0.5, 0.6) is 17.2 Å². The van der Waals surface area contributed by atoms with Crippen molar-refractivity contribution in [2.24, 2.45) is 0 Å². The first kappa shape index (κ1) is 23.1. The third-order valence-corrected chi connectivity index (χ3v) is 5.92. The van der Waals surface area contributed by atoms with Crippen molar-refractivity contribution in [2.75, 3.05) is 26.6 Å². The van der Waals surface area contributed by atoms with E-state index in [-0.39, 0.29) is 5.91 Å². The first-order chi connectivity index (χ1) is 16.4. The Bertz CT molecular complexity index is 1380. The van der Waals surface area contributed by atoms with E-state index in [1.165, 1.54) is 0 Å². The predicted molar refractivity (Wildman–Crippen MR) is 135 cm³/mol. The molecule has 174 valence electrons. The maximum Gasteiger partial charge on any atom is 0.256 e. The Morgan fingerprint density at radius 2 is 1.50 bits per heavy atom. The van der Waals surface area contributed by atoms with E-state index >= 15 is 0 Å². The predicted octanol–water partition coefficient (Wildman–Crippen LogP) is 6.11. The number of anilines is 1. The maximum absolute atomic E-state index is 13.7. The number of nitrogens with one attached hydrogen (secondary N) is 1. The molecule has 0 aliphatic heterocycles. The standard InChI is InChI=1S/C28H28N2O4/c1-16-13-17(2)26-22(14-16)25(18(3)27(30-26)19-7-9-20(32-4)10-8-19)28(31)29-23-12-11-21(33-5)15-24(23)34-6/h7-15H,1-6H3,(H,29,31). The van der Waals surface area contributed by atoms with Crippen LogP contribution in [0.3, 0.4) is 0 Å². The minimum atomic E-state index is -0.229. The fraction of sp³-hybridized carbons (Fsp3) is 0.214. The summed E-state index contributed by atoms with van der Waals surface area (Å²) in [6, 6.07) is 17.1. The molecule has 6 nitrogen and oxygen atoms in total. The van der Waals surface area contributed by atoms with Gasteiger partial charge >= 0.3 is 0 Å². The summed E-state index contributed by atoms with van der Waals surface area (Å²) in [7, 11) is 4.78. The van der Waals surface area contributed by atoms with Gasteiger partial charge in [-0.15, -0.1) is 0 Å². The number of pyridine rings is 1. The molecule has 1 aromatic heterocycles. The summed E-state index contributed by atoms with van der Waals surface area (Å²) in [4.78, 5) is 18.7. The second-order valence-corrected chi connectivity index (χ2v) is 8.19. The smallest absolute Gasteiger partial charge is 0.256 e. The van der Waals surface area contributed by atoms with E-state index in [4.69, 9.17) is 19.2 Å². The third-order valence-electron chi connectivity index (χ3n) is 5.92. The number of hydrogen-bond donors (Lipinski definition) is 1. The van der Waals surface area contributed by atoms with Gasteiger partial charge in [0.15, 0.2) is 0 Å².